The number of hydrogen-bond acceptors (Lipinski definition) is 5. The van der Waals surface area contributed by atoms with Crippen LogP contribution in [0.4, 0.5) is 0 Å². The average Bonchev–Trinajstić information content (AvgIpc) is 3.29. The van der Waals surface area contributed by atoms with Crippen molar-refractivity contribution in [2.24, 2.45) is 0 Å². The zero-order valence-electron chi connectivity index (χ0n) is 19.6. The van der Waals surface area contributed by atoms with E-state index >= 15 is 0 Å². The second kappa shape index (κ2) is 10.3. The molecule has 34 heavy (non-hydrogen) atoms. The summed E-state index contributed by atoms with van der Waals surface area (Å²) in [6.07, 6.45) is 12.1. The number of carbonyl (C=O) groups excluding carboxylic acids is 1. The van der Waals surface area contributed by atoms with Gasteiger partial charge in [-0.15, -0.1) is 0 Å². The highest BCUT2D eigenvalue weighted by molar-refractivity contribution is 6.04. The number of nitriles is 1. The number of ether oxygens (including phenoxy) is 2. The Kier molecular flexibility index (Phi) is 6.98. The minimum atomic E-state index is -0.446. The number of carbonyl (C=O) groups is 1. The molecule has 7 nitrogen and oxygen atoms in total. The molecule has 1 aliphatic carbocycles. The second-order valence-electron chi connectivity index (χ2n) is 8.32. The fraction of sp³-hybridized carbons (Fsp3) is 0.296. The Morgan fingerprint density at radius 1 is 1.24 bits per heavy atom. The molecule has 2 aromatic heterocycles. The van der Waals surface area contributed by atoms with E-state index in [1.54, 1.807) is 32.6 Å². The summed E-state index contributed by atoms with van der Waals surface area (Å²) in [7, 11) is 3.13. The van der Waals surface area contributed by atoms with Crippen molar-refractivity contribution >= 4 is 28.6 Å². The second-order valence-corrected chi connectivity index (χ2v) is 8.32. The zero-order chi connectivity index (χ0) is 24.1. The van der Waals surface area contributed by atoms with Gasteiger partial charge in [-0.3, -0.25) is 4.79 Å². The Morgan fingerprint density at radius 2 is 2.06 bits per heavy atom. The molecule has 1 atom stereocenters. The van der Waals surface area contributed by atoms with Gasteiger partial charge in [0.15, 0.2) is 11.5 Å². The van der Waals surface area contributed by atoms with Crippen molar-refractivity contribution < 1.29 is 14.3 Å². The number of rotatable bonds is 7. The minimum Gasteiger partial charge on any atom is -0.493 e. The molecule has 0 spiro atoms. The van der Waals surface area contributed by atoms with Gasteiger partial charge in [0.2, 0.25) is 0 Å². The number of nitrogens with zero attached hydrogens (tertiary/aromatic N) is 2. The standard InChI is InChI=1S/C27H28N4O3/c1-17(19-9-10-24(33-2)25(13-19)34-3)31-27(32)20(14-28)11-22-16-30-26-23(22)12-21(15-29-26)18-7-5-4-6-8-18/h7,9-13,15-17H,4-6,8H2,1-3H3,(H,29,30)(H,31,32)/b20-11+/t17-/m1/s1. The molecule has 0 bridgehead atoms. The molecule has 0 fully saturated rings. The van der Waals surface area contributed by atoms with Gasteiger partial charge in [0, 0.05) is 23.3 Å². The summed E-state index contributed by atoms with van der Waals surface area (Å²) in [5.74, 6) is 0.740. The van der Waals surface area contributed by atoms with Crippen LogP contribution in [0.3, 0.4) is 0 Å². The molecule has 2 heterocycles. The topological polar surface area (TPSA) is 100 Å². The first-order valence-corrected chi connectivity index (χ1v) is 11.3. The number of aromatic amines is 1. The number of methoxy groups -OCH3 is 2. The maximum absolute atomic E-state index is 12.9. The van der Waals surface area contributed by atoms with E-state index in [2.05, 4.69) is 27.4 Å². The molecule has 0 aliphatic heterocycles. The van der Waals surface area contributed by atoms with Crippen LogP contribution in [0.5, 0.6) is 11.5 Å². The molecule has 174 valence electrons. The molecule has 1 aromatic carbocycles. The number of aromatic nitrogens is 2. The maximum atomic E-state index is 12.9. The van der Waals surface area contributed by atoms with Gasteiger partial charge in [0.1, 0.15) is 17.3 Å². The summed E-state index contributed by atoms with van der Waals surface area (Å²) < 4.78 is 10.6. The van der Waals surface area contributed by atoms with Gasteiger partial charge in [0.05, 0.1) is 20.3 Å². The molecule has 4 rings (SSSR count). The van der Waals surface area contributed by atoms with E-state index in [1.165, 1.54) is 18.4 Å². The van der Waals surface area contributed by atoms with Gasteiger partial charge in [-0.25, -0.2) is 4.98 Å². The van der Waals surface area contributed by atoms with Crippen LogP contribution in [0.25, 0.3) is 22.7 Å². The number of allylic oxidation sites excluding steroid dienone is 2. The molecule has 2 N–H and O–H groups in total. The predicted octanol–water partition coefficient (Wildman–Crippen LogP) is 5.32. The van der Waals surface area contributed by atoms with Gasteiger partial charge >= 0.3 is 0 Å². The first kappa shape index (κ1) is 23.1. The van der Waals surface area contributed by atoms with Gasteiger partial charge in [-0.1, -0.05) is 12.1 Å². The van der Waals surface area contributed by atoms with Crippen LogP contribution in [0.2, 0.25) is 0 Å². The molecule has 0 saturated heterocycles. The van der Waals surface area contributed by atoms with Crippen molar-refractivity contribution in [1.82, 2.24) is 15.3 Å². The highest BCUT2D eigenvalue weighted by Gasteiger charge is 2.17. The lowest BCUT2D eigenvalue weighted by Crippen LogP contribution is -2.27. The van der Waals surface area contributed by atoms with E-state index < -0.39 is 5.91 Å². The molecule has 0 saturated carbocycles. The fourth-order valence-electron chi connectivity index (χ4n) is 4.20. The number of nitrogens with one attached hydrogen (secondary N) is 2. The number of hydrogen-bond donors (Lipinski definition) is 2. The summed E-state index contributed by atoms with van der Waals surface area (Å²) in [5.41, 5.74) is 4.74. The normalized spacial score (nSPS) is 14.8. The third-order valence-electron chi connectivity index (χ3n) is 6.14. The van der Waals surface area contributed by atoms with Crippen molar-refractivity contribution in [1.29, 1.82) is 5.26 Å². The molecule has 1 aliphatic rings. The molecule has 0 radical (unpaired) electrons. The van der Waals surface area contributed by atoms with Crippen LogP contribution in [-0.2, 0) is 4.79 Å². The Labute approximate surface area is 199 Å². The quantitative estimate of drug-likeness (QED) is 0.370. The van der Waals surface area contributed by atoms with Crippen LogP contribution in [0, 0.1) is 11.3 Å². The van der Waals surface area contributed by atoms with Crippen LogP contribution >= 0.6 is 0 Å². The lowest BCUT2D eigenvalue weighted by Gasteiger charge is -2.16. The number of H-pyrrole nitrogens is 1. The summed E-state index contributed by atoms with van der Waals surface area (Å²) in [4.78, 5) is 20.6. The van der Waals surface area contributed by atoms with E-state index in [4.69, 9.17) is 9.47 Å². The zero-order valence-corrected chi connectivity index (χ0v) is 19.6. The van der Waals surface area contributed by atoms with Crippen LogP contribution in [0.15, 0.2) is 48.3 Å². The van der Waals surface area contributed by atoms with Gasteiger partial charge in [-0.05, 0) is 73.6 Å². The van der Waals surface area contributed by atoms with E-state index in [0.717, 1.165) is 40.6 Å². The molecular weight excluding hydrogens is 428 g/mol. The Bertz CT molecular complexity index is 1310. The van der Waals surface area contributed by atoms with Crippen molar-refractivity contribution in [2.45, 2.75) is 38.6 Å². The number of fused-ring (bicyclic) bond motifs is 1. The van der Waals surface area contributed by atoms with Crippen molar-refractivity contribution in [3.8, 4) is 17.6 Å². The van der Waals surface area contributed by atoms with Crippen LogP contribution in [0.1, 0.15) is 55.3 Å². The number of amides is 1. The lowest BCUT2D eigenvalue weighted by molar-refractivity contribution is -0.117. The predicted molar refractivity (Wildman–Crippen MR) is 132 cm³/mol. The summed E-state index contributed by atoms with van der Waals surface area (Å²) >= 11 is 0. The molecule has 0 unspecified atom stereocenters. The molecule has 7 heteroatoms. The highest BCUT2D eigenvalue weighted by Crippen LogP contribution is 2.31. The monoisotopic (exact) mass is 456 g/mol. The largest absolute Gasteiger partial charge is 0.493 e. The summed E-state index contributed by atoms with van der Waals surface area (Å²) in [6.45, 7) is 1.86. The highest BCUT2D eigenvalue weighted by atomic mass is 16.5. The van der Waals surface area contributed by atoms with E-state index in [1.807, 2.05) is 31.3 Å². The third kappa shape index (κ3) is 4.81. The Morgan fingerprint density at radius 3 is 2.76 bits per heavy atom. The molecule has 3 aromatic rings. The summed E-state index contributed by atoms with van der Waals surface area (Å²) in [5, 5.41) is 13.5. The van der Waals surface area contributed by atoms with Gasteiger partial charge in [-0.2, -0.15) is 5.26 Å². The van der Waals surface area contributed by atoms with Crippen molar-refractivity contribution in [3.63, 3.8) is 0 Å². The van der Waals surface area contributed by atoms with Crippen LogP contribution < -0.4 is 14.8 Å². The molecular formula is C27H28N4O3. The average molecular weight is 457 g/mol. The first-order valence-electron chi connectivity index (χ1n) is 11.3. The fourth-order valence-corrected chi connectivity index (χ4v) is 4.20. The summed E-state index contributed by atoms with van der Waals surface area (Å²) in [6, 6.07) is 9.24. The Balaban J connectivity index is 1.57. The van der Waals surface area contributed by atoms with Gasteiger partial charge < -0.3 is 19.8 Å². The van der Waals surface area contributed by atoms with E-state index in [0.29, 0.717) is 11.5 Å². The van der Waals surface area contributed by atoms with E-state index in [-0.39, 0.29) is 11.6 Å². The lowest BCUT2D eigenvalue weighted by atomic mass is 9.94. The van der Waals surface area contributed by atoms with E-state index in [9.17, 15) is 10.1 Å². The van der Waals surface area contributed by atoms with Crippen molar-refractivity contribution in [3.05, 3.63) is 65.0 Å². The van der Waals surface area contributed by atoms with Crippen molar-refractivity contribution in [2.75, 3.05) is 14.2 Å². The van der Waals surface area contributed by atoms with Crippen LogP contribution in [-0.4, -0.2) is 30.1 Å². The minimum absolute atomic E-state index is 0.0236. The number of pyridine rings is 1. The Hall–Kier alpha value is -4.05. The smallest absolute Gasteiger partial charge is 0.262 e. The maximum Gasteiger partial charge on any atom is 0.262 e. The SMILES string of the molecule is COc1ccc([C@@H](C)NC(=O)/C(C#N)=C/c2c[nH]c3ncc(C4=CCCCC4)cc23)cc1OC. The first-order chi connectivity index (χ1) is 16.5. The molecule has 1 amide bonds. The number of benzene rings is 1. The third-order valence-corrected chi connectivity index (χ3v) is 6.14. The van der Waals surface area contributed by atoms with Gasteiger partial charge in [0.25, 0.3) is 5.91 Å².